The maximum absolute atomic E-state index is 6.46. The maximum atomic E-state index is 6.46. The zero-order valence-corrected chi connectivity index (χ0v) is 13.7. The third kappa shape index (κ3) is 4.05. The number of hydrogen-bond acceptors (Lipinski definition) is 2. The van der Waals surface area contributed by atoms with Gasteiger partial charge in [0, 0.05) is 18.2 Å². The molecule has 1 fully saturated rings. The molecule has 19 heavy (non-hydrogen) atoms. The Morgan fingerprint density at radius 1 is 1.11 bits per heavy atom. The summed E-state index contributed by atoms with van der Waals surface area (Å²) in [5.74, 6) is 0. The van der Waals surface area contributed by atoms with Gasteiger partial charge in [-0.1, -0.05) is 43.0 Å². The van der Waals surface area contributed by atoms with E-state index in [1.165, 1.54) is 36.5 Å². The van der Waals surface area contributed by atoms with Gasteiger partial charge in [-0.3, -0.25) is 0 Å². The number of halogens is 1. The lowest BCUT2D eigenvalue weighted by Crippen LogP contribution is -2.52. The second kappa shape index (κ2) is 6.89. The Morgan fingerprint density at radius 2 is 1.74 bits per heavy atom. The summed E-state index contributed by atoms with van der Waals surface area (Å²) in [6, 6.07) is 10.9. The van der Waals surface area contributed by atoms with Crippen molar-refractivity contribution < 1.29 is 4.43 Å². The molecule has 1 aliphatic rings. The zero-order valence-electron chi connectivity index (χ0n) is 12.0. The summed E-state index contributed by atoms with van der Waals surface area (Å²) in [5.41, 5.74) is 0. The SMILES string of the molecule is CN(C)CCO[Si]1(c2ccc(Cl)cc2)CCCCC1. The van der Waals surface area contributed by atoms with Crippen LogP contribution >= 0.6 is 11.6 Å². The van der Waals surface area contributed by atoms with Crippen LogP contribution in [0.4, 0.5) is 0 Å². The van der Waals surface area contributed by atoms with E-state index < -0.39 is 8.32 Å². The highest BCUT2D eigenvalue weighted by Gasteiger charge is 2.38. The van der Waals surface area contributed by atoms with E-state index >= 15 is 0 Å². The number of rotatable bonds is 5. The van der Waals surface area contributed by atoms with Crippen LogP contribution in [-0.4, -0.2) is 40.5 Å². The molecule has 1 aromatic carbocycles. The fraction of sp³-hybridized carbons (Fsp3) is 0.600. The third-order valence-corrected chi connectivity index (χ3v) is 8.67. The largest absolute Gasteiger partial charge is 0.411 e. The highest BCUT2D eigenvalue weighted by Crippen LogP contribution is 2.29. The second-order valence-corrected chi connectivity index (χ2v) is 10.0. The van der Waals surface area contributed by atoms with Crippen LogP contribution in [0.5, 0.6) is 0 Å². The van der Waals surface area contributed by atoms with E-state index in [1.807, 2.05) is 12.1 Å². The molecule has 1 aromatic rings. The average molecular weight is 298 g/mol. The van der Waals surface area contributed by atoms with E-state index in [9.17, 15) is 0 Å². The molecule has 0 amide bonds. The Hall–Kier alpha value is -0.353. The van der Waals surface area contributed by atoms with Gasteiger partial charge in [-0.2, -0.15) is 0 Å². The number of likely N-dealkylation sites (N-methyl/N-ethyl adjacent to an activating group) is 1. The average Bonchev–Trinajstić information content (AvgIpc) is 2.40. The lowest BCUT2D eigenvalue weighted by Gasteiger charge is -2.35. The first-order valence-electron chi connectivity index (χ1n) is 7.17. The van der Waals surface area contributed by atoms with Crippen molar-refractivity contribution in [2.45, 2.75) is 31.4 Å². The van der Waals surface area contributed by atoms with Gasteiger partial charge in [0.15, 0.2) is 0 Å². The van der Waals surface area contributed by atoms with Crippen LogP contribution in [0.2, 0.25) is 17.1 Å². The predicted octanol–water partition coefficient (Wildman–Crippen LogP) is 3.25. The van der Waals surface area contributed by atoms with Crippen molar-refractivity contribution in [2.75, 3.05) is 27.2 Å². The Kier molecular flexibility index (Phi) is 5.45. The smallest absolute Gasteiger partial charge is 0.224 e. The fourth-order valence-electron chi connectivity index (χ4n) is 2.82. The molecule has 0 aliphatic carbocycles. The second-order valence-electron chi connectivity index (χ2n) is 5.71. The van der Waals surface area contributed by atoms with Gasteiger partial charge in [0.25, 0.3) is 0 Å². The van der Waals surface area contributed by atoms with Crippen molar-refractivity contribution in [3.05, 3.63) is 29.3 Å². The minimum Gasteiger partial charge on any atom is -0.411 e. The first-order chi connectivity index (χ1) is 9.12. The van der Waals surface area contributed by atoms with Crippen molar-refractivity contribution in [3.63, 3.8) is 0 Å². The van der Waals surface area contributed by atoms with Crippen LogP contribution in [0, 0.1) is 0 Å². The summed E-state index contributed by atoms with van der Waals surface area (Å²) >= 11 is 6.01. The molecule has 0 bridgehead atoms. The van der Waals surface area contributed by atoms with Gasteiger partial charge in [-0.15, -0.1) is 0 Å². The van der Waals surface area contributed by atoms with E-state index in [0.717, 1.165) is 18.2 Å². The molecule has 0 saturated carbocycles. The highest BCUT2D eigenvalue weighted by molar-refractivity contribution is 6.86. The van der Waals surface area contributed by atoms with E-state index in [1.54, 1.807) is 0 Å². The number of benzene rings is 1. The quantitative estimate of drug-likeness (QED) is 0.774. The zero-order chi connectivity index (χ0) is 13.7. The summed E-state index contributed by atoms with van der Waals surface area (Å²) in [6.07, 6.45) is 3.99. The summed E-state index contributed by atoms with van der Waals surface area (Å²) in [5, 5.41) is 2.24. The van der Waals surface area contributed by atoms with E-state index in [-0.39, 0.29) is 0 Å². The van der Waals surface area contributed by atoms with E-state index in [0.29, 0.717) is 0 Å². The molecule has 4 heteroatoms. The van der Waals surface area contributed by atoms with E-state index in [2.05, 4.69) is 31.1 Å². The van der Waals surface area contributed by atoms with Crippen LogP contribution in [-0.2, 0) is 4.43 Å². The molecule has 0 spiro atoms. The molecule has 0 atom stereocenters. The highest BCUT2D eigenvalue weighted by atomic mass is 35.5. The number of hydrogen-bond donors (Lipinski definition) is 0. The van der Waals surface area contributed by atoms with Gasteiger partial charge in [-0.25, -0.2) is 0 Å². The van der Waals surface area contributed by atoms with Crippen LogP contribution < -0.4 is 5.19 Å². The molecule has 106 valence electrons. The monoisotopic (exact) mass is 297 g/mol. The fourth-order valence-corrected chi connectivity index (χ4v) is 7.12. The Morgan fingerprint density at radius 3 is 2.32 bits per heavy atom. The molecule has 0 aromatic heterocycles. The lowest BCUT2D eigenvalue weighted by atomic mass is 10.3. The third-order valence-electron chi connectivity index (χ3n) is 3.95. The van der Waals surface area contributed by atoms with Crippen molar-refractivity contribution >= 4 is 25.1 Å². The molecule has 0 N–H and O–H groups in total. The van der Waals surface area contributed by atoms with Crippen molar-refractivity contribution in [2.24, 2.45) is 0 Å². The van der Waals surface area contributed by atoms with Crippen LogP contribution in [0.3, 0.4) is 0 Å². The maximum Gasteiger partial charge on any atom is 0.224 e. The first-order valence-corrected chi connectivity index (χ1v) is 9.87. The normalized spacial score (nSPS) is 18.7. The van der Waals surface area contributed by atoms with Crippen LogP contribution in [0.25, 0.3) is 0 Å². The Labute approximate surface area is 122 Å². The lowest BCUT2D eigenvalue weighted by molar-refractivity contribution is 0.250. The van der Waals surface area contributed by atoms with Gasteiger partial charge < -0.3 is 9.33 Å². The minimum atomic E-state index is -1.73. The van der Waals surface area contributed by atoms with E-state index in [4.69, 9.17) is 16.0 Å². The van der Waals surface area contributed by atoms with Gasteiger partial charge >= 0.3 is 0 Å². The molecule has 1 aliphatic heterocycles. The van der Waals surface area contributed by atoms with Gasteiger partial charge in [0.05, 0.1) is 0 Å². The molecular weight excluding hydrogens is 274 g/mol. The summed E-state index contributed by atoms with van der Waals surface area (Å²) in [7, 11) is 2.46. The Bertz CT molecular complexity index is 388. The minimum absolute atomic E-state index is 0.817. The Balaban J connectivity index is 2.11. The molecule has 2 rings (SSSR count). The molecule has 0 unspecified atom stereocenters. The van der Waals surface area contributed by atoms with Gasteiger partial charge in [0.2, 0.25) is 8.32 Å². The summed E-state index contributed by atoms with van der Waals surface area (Å²) < 4.78 is 6.46. The van der Waals surface area contributed by atoms with Crippen LogP contribution in [0.1, 0.15) is 19.3 Å². The molecular formula is C15H24ClNOSi. The molecule has 0 radical (unpaired) electrons. The van der Waals surface area contributed by atoms with Crippen molar-refractivity contribution in [3.8, 4) is 0 Å². The summed E-state index contributed by atoms with van der Waals surface area (Å²) in [6.45, 7) is 1.85. The topological polar surface area (TPSA) is 12.5 Å². The van der Waals surface area contributed by atoms with Gasteiger partial charge in [-0.05, 0) is 43.5 Å². The van der Waals surface area contributed by atoms with Crippen molar-refractivity contribution in [1.29, 1.82) is 0 Å². The summed E-state index contributed by atoms with van der Waals surface area (Å²) in [4.78, 5) is 2.19. The standard InChI is InChI=1S/C15H24ClNOSi/c1-17(2)10-11-18-19(12-4-3-5-13-19)15-8-6-14(16)7-9-15/h6-9H,3-5,10-13H2,1-2H3. The molecule has 1 heterocycles. The van der Waals surface area contributed by atoms with Gasteiger partial charge in [0.1, 0.15) is 0 Å². The number of nitrogens with zero attached hydrogens (tertiary/aromatic N) is 1. The predicted molar refractivity (Wildman–Crippen MR) is 84.8 cm³/mol. The molecule has 1 saturated heterocycles. The first kappa shape index (κ1) is 15.0. The van der Waals surface area contributed by atoms with Crippen molar-refractivity contribution in [1.82, 2.24) is 4.90 Å². The molecule has 2 nitrogen and oxygen atoms in total. The van der Waals surface area contributed by atoms with Crippen LogP contribution in [0.15, 0.2) is 24.3 Å².